The molecule has 4 nitrogen and oxygen atoms in total. The van der Waals surface area contributed by atoms with Crippen molar-refractivity contribution in [1.29, 1.82) is 0 Å². The van der Waals surface area contributed by atoms with Crippen molar-refractivity contribution in [2.45, 2.75) is 39.7 Å². The first-order chi connectivity index (χ1) is 9.85. The predicted molar refractivity (Wildman–Crippen MR) is 71.6 cm³/mol. The van der Waals surface area contributed by atoms with Gasteiger partial charge in [0.1, 0.15) is 0 Å². The lowest BCUT2D eigenvalue weighted by molar-refractivity contribution is -0.138. The highest BCUT2D eigenvalue weighted by molar-refractivity contribution is 5.83. The molecule has 0 saturated heterocycles. The van der Waals surface area contributed by atoms with Crippen molar-refractivity contribution in [3.63, 3.8) is 0 Å². The zero-order chi connectivity index (χ0) is 16.3. The van der Waals surface area contributed by atoms with Crippen LogP contribution in [0.15, 0.2) is 23.8 Å². The number of carbonyl (C=O) groups excluding carboxylic acids is 1. The molecular weight excluding hydrogens is 289 g/mol. The van der Waals surface area contributed by atoms with Crippen LogP contribution in [0.1, 0.15) is 27.2 Å². The van der Waals surface area contributed by atoms with Gasteiger partial charge in [0.15, 0.2) is 6.29 Å². The van der Waals surface area contributed by atoms with Crippen LogP contribution in [-0.2, 0) is 19.0 Å². The first kappa shape index (κ1) is 19.7. The average molecular weight is 310 g/mol. The molecule has 0 rings (SSSR count). The van der Waals surface area contributed by atoms with E-state index < -0.39 is 24.0 Å². The molecule has 0 saturated carbocycles. The molecule has 122 valence electrons. The molecule has 0 radical (unpaired) electrons. The summed E-state index contributed by atoms with van der Waals surface area (Å²) in [5.74, 6) is -1.03. The van der Waals surface area contributed by atoms with Gasteiger partial charge in [0.05, 0.1) is 12.2 Å². The van der Waals surface area contributed by atoms with Gasteiger partial charge in [-0.3, -0.25) is 0 Å². The summed E-state index contributed by atoms with van der Waals surface area (Å²) in [7, 11) is 0. The molecule has 0 amide bonds. The van der Waals surface area contributed by atoms with E-state index in [1.54, 1.807) is 13.8 Å². The Labute approximate surface area is 122 Å². The molecule has 0 aromatic carbocycles. The van der Waals surface area contributed by atoms with Crippen LogP contribution in [0.3, 0.4) is 0 Å². The van der Waals surface area contributed by atoms with Crippen LogP contribution in [0.5, 0.6) is 0 Å². The fourth-order valence-corrected chi connectivity index (χ4v) is 1.40. The number of alkyl halides is 3. The summed E-state index contributed by atoms with van der Waals surface area (Å²) in [4.78, 5) is 11.1. The van der Waals surface area contributed by atoms with Crippen molar-refractivity contribution in [2.24, 2.45) is 0 Å². The largest absolute Gasteiger partial charge is 0.463 e. The fraction of sp³-hybridized carbons (Fsp3) is 0.643. The monoisotopic (exact) mass is 310 g/mol. The predicted octanol–water partition coefficient (Wildman–Crippen LogP) is 3.38. The molecule has 0 bridgehead atoms. The zero-order valence-corrected chi connectivity index (χ0v) is 12.4. The van der Waals surface area contributed by atoms with Gasteiger partial charge >= 0.3 is 12.1 Å². The number of rotatable bonds is 9. The van der Waals surface area contributed by atoms with E-state index in [0.717, 1.165) is 6.08 Å². The average Bonchev–Trinajstić information content (AvgIpc) is 2.37. The Balaban J connectivity index is 4.81. The Morgan fingerprint density at radius 2 is 1.67 bits per heavy atom. The van der Waals surface area contributed by atoms with E-state index in [1.165, 1.54) is 13.0 Å². The third-order valence-corrected chi connectivity index (χ3v) is 2.22. The summed E-state index contributed by atoms with van der Waals surface area (Å²) in [5, 5.41) is 0. The lowest BCUT2D eigenvalue weighted by atomic mass is 10.2. The van der Waals surface area contributed by atoms with E-state index in [9.17, 15) is 18.0 Å². The first-order valence-corrected chi connectivity index (χ1v) is 6.70. The standard InChI is InChI=1S/C14H21F3O4/c1-4-19-12(18)10-11(14(15,16)17)8-7-9-13(20-5-2)21-6-3/h7-8,10,13H,4-6,9H2,1-3H3/b8-7+,11-10+. The molecule has 0 aliphatic heterocycles. The summed E-state index contributed by atoms with van der Waals surface area (Å²) in [6, 6.07) is 0. The molecule has 0 N–H and O–H groups in total. The summed E-state index contributed by atoms with van der Waals surface area (Å²) < 4.78 is 53.1. The zero-order valence-electron chi connectivity index (χ0n) is 12.4. The maximum atomic E-state index is 12.8. The summed E-state index contributed by atoms with van der Waals surface area (Å²) in [5.41, 5.74) is -1.08. The Morgan fingerprint density at radius 1 is 1.10 bits per heavy atom. The SMILES string of the molecule is CCOC(=O)/C=C(\C=C\CC(OCC)OCC)C(F)(F)F. The molecule has 0 spiro atoms. The number of ether oxygens (including phenoxy) is 3. The maximum absolute atomic E-state index is 12.8. The minimum Gasteiger partial charge on any atom is -0.463 e. The second kappa shape index (κ2) is 10.4. The maximum Gasteiger partial charge on any atom is 0.416 e. The van der Waals surface area contributed by atoms with E-state index in [0.29, 0.717) is 19.3 Å². The van der Waals surface area contributed by atoms with E-state index in [-0.39, 0.29) is 13.0 Å². The van der Waals surface area contributed by atoms with Crippen LogP contribution in [0.25, 0.3) is 0 Å². The van der Waals surface area contributed by atoms with E-state index in [2.05, 4.69) is 4.74 Å². The van der Waals surface area contributed by atoms with Gasteiger partial charge < -0.3 is 14.2 Å². The van der Waals surface area contributed by atoms with Gasteiger partial charge in [-0.1, -0.05) is 12.2 Å². The quantitative estimate of drug-likeness (QED) is 0.283. The summed E-state index contributed by atoms with van der Waals surface area (Å²) >= 11 is 0. The lowest BCUT2D eigenvalue weighted by Crippen LogP contribution is -2.17. The number of halogens is 3. The highest BCUT2D eigenvalue weighted by Gasteiger charge is 2.32. The van der Waals surface area contributed by atoms with Crippen molar-refractivity contribution in [2.75, 3.05) is 19.8 Å². The normalized spacial score (nSPS) is 13.2. The van der Waals surface area contributed by atoms with Crippen LogP contribution in [0, 0.1) is 0 Å². The molecule has 0 fully saturated rings. The lowest BCUT2D eigenvalue weighted by Gasteiger charge is -2.15. The Kier molecular flexibility index (Phi) is 9.73. The van der Waals surface area contributed by atoms with Crippen molar-refractivity contribution >= 4 is 5.97 Å². The van der Waals surface area contributed by atoms with Gasteiger partial charge in [-0.2, -0.15) is 13.2 Å². The van der Waals surface area contributed by atoms with Crippen LogP contribution >= 0.6 is 0 Å². The van der Waals surface area contributed by atoms with Crippen molar-refractivity contribution in [1.82, 2.24) is 0 Å². The highest BCUT2D eigenvalue weighted by Crippen LogP contribution is 2.26. The molecular formula is C14H21F3O4. The number of hydrogen-bond donors (Lipinski definition) is 0. The number of carbonyl (C=O) groups is 1. The van der Waals surface area contributed by atoms with Gasteiger partial charge in [0.2, 0.25) is 0 Å². The minimum absolute atomic E-state index is 0.0148. The third-order valence-electron chi connectivity index (χ3n) is 2.22. The molecule has 0 atom stereocenters. The van der Waals surface area contributed by atoms with Crippen LogP contribution in [-0.4, -0.2) is 38.3 Å². The molecule has 0 aromatic heterocycles. The van der Waals surface area contributed by atoms with Crippen molar-refractivity contribution in [3.05, 3.63) is 23.8 Å². The molecule has 21 heavy (non-hydrogen) atoms. The summed E-state index contributed by atoms with van der Waals surface area (Å²) in [6.45, 7) is 5.84. The smallest absolute Gasteiger partial charge is 0.416 e. The minimum atomic E-state index is -4.63. The Morgan fingerprint density at radius 3 is 2.10 bits per heavy atom. The molecule has 0 aliphatic carbocycles. The second-order valence-electron chi connectivity index (χ2n) is 3.83. The first-order valence-electron chi connectivity index (χ1n) is 6.70. The summed E-state index contributed by atoms with van der Waals surface area (Å²) in [6.07, 6.45) is -2.57. The van der Waals surface area contributed by atoms with E-state index in [4.69, 9.17) is 9.47 Å². The second-order valence-corrected chi connectivity index (χ2v) is 3.83. The number of hydrogen-bond acceptors (Lipinski definition) is 4. The Bertz CT molecular complexity index is 356. The van der Waals surface area contributed by atoms with Crippen molar-refractivity contribution < 1.29 is 32.2 Å². The fourth-order valence-electron chi connectivity index (χ4n) is 1.40. The van der Waals surface area contributed by atoms with Gasteiger partial charge in [-0.25, -0.2) is 4.79 Å². The highest BCUT2D eigenvalue weighted by atomic mass is 19.4. The van der Waals surface area contributed by atoms with Crippen LogP contribution in [0.4, 0.5) is 13.2 Å². The van der Waals surface area contributed by atoms with Gasteiger partial charge in [0, 0.05) is 25.7 Å². The van der Waals surface area contributed by atoms with Gasteiger partial charge in [-0.05, 0) is 20.8 Å². The van der Waals surface area contributed by atoms with Crippen LogP contribution < -0.4 is 0 Å². The van der Waals surface area contributed by atoms with E-state index >= 15 is 0 Å². The van der Waals surface area contributed by atoms with Crippen molar-refractivity contribution in [3.8, 4) is 0 Å². The number of allylic oxidation sites excluding steroid dienone is 2. The molecule has 0 aromatic rings. The van der Waals surface area contributed by atoms with Gasteiger partial charge in [-0.15, -0.1) is 0 Å². The topological polar surface area (TPSA) is 44.8 Å². The third kappa shape index (κ3) is 9.25. The van der Waals surface area contributed by atoms with E-state index in [1.807, 2.05) is 0 Å². The molecule has 0 heterocycles. The molecule has 0 unspecified atom stereocenters. The van der Waals surface area contributed by atoms with Gasteiger partial charge in [0.25, 0.3) is 0 Å². The molecule has 7 heteroatoms. The Hall–Kier alpha value is -1.34. The number of esters is 1. The molecule has 0 aliphatic rings. The van der Waals surface area contributed by atoms with Crippen LogP contribution in [0.2, 0.25) is 0 Å².